The Hall–Kier alpha value is -2.34. The highest BCUT2D eigenvalue weighted by Gasteiger charge is 2.21. The minimum atomic E-state index is -0.179. The van der Waals surface area contributed by atoms with Crippen LogP contribution in [0.15, 0.2) is 47.6 Å². The normalized spacial score (nSPS) is 14.2. The predicted octanol–water partition coefficient (Wildman–Crippen LogP) is 3.96. The summed E-state index contributed by atoms with van der Waals surface area (Å²) < 4.78 is 0. The molecule has 2 aromatic rings. The number of thioether (sulfide) groups is 1. The Bertz CT molecular complexity index is 774. The zero-order valence-corrected chi connectivity index (χ0v) is 15.2. The van der Waals surface area contributed by atoms with Crippen LogP contribution in [0.2, 0.25) is 0 Å². The molecule has 0 radical (unpaired) electrons. The molecule has 1 aromatic carbocycles. The molecule has 1 aliphatic heterocycles. The molecular formula is C19H21N3O2S. The van der Waals surface area contributed by atoms with E-state index in [1.54, 1.807) is 35.0 Å². The molecule has 3 rings (SSSR count). The maximum absolute atomic E-state index is 12.6. The summed E-state index contributed by atoms with van der Waals surface area (Å²) in [5.74, 6) is -0.0243. The Kier molecular flexibility index (Phi) is 5.38. The number of hydrogen-bond acceptors (Lipinski definition) is 4. The highest BCUT2D eigenvalue weighted by atomic mass is 32.2. The quantitative estimate of drug-likeness (QED) is 0.825. The number of amides is 2. The van der Waals surface area contributed by atoms with Crippen molar-refractivity contribution in [1.82, 2.24) is 4.98 Å². The van der Waals surface area contributed by atoms with Gasteiger partial charge in [0.15, 0.2) is 0 Å². The molecule has 6 heteroatoms. The highest BCUT2D eigenvalue weighted by Crippen LogP contribution is 2.26. The van der Waals surface area contributed by atoms with E-state index in [0.717, 1.165) is 23.7 Å². The van der Waals surface area contributed by atoms with Gasteiger partial charge in [-0.25, -0.2) is 4.98 Å². The lowest BCUT2D eigenvalue weighted by Gasteiger charge is -2.16. The van der Waals surface area contributed by atoms with E-state index in [0.29, 0.717) is 22.9 Å². The van der Waals surface area contributed by atoms with Crippen molar-refractivity contribution in [3.63, 3.8) is 0 Å². The van der Waals surface area contributed by atoms with Crippen molar-refractivity contribution in [3.8, 4) is 0 Å². The molecule has 2 heterocycles. The second kappa shape index (κ2) is 7.70. The molecule has 130 valence electrons. The van der Waals surface area contributed by atoms with Gasteiger partial charge in [-0.1, -0.05) is 13.8 Å². The molecule has 0 bridgehead atoms. The monoisotopic (exact) mass is 355 g/mol. The van der Waals surface area contributed by atoms with Crippen molar-refractivity contribution >= 4 is 35.0 Å². The second-order valence-corrected chi connectivity index (χ2v) is 7.74. The summed E-state index contributed by atoms with van der Waals surface area (Å²) in [7, 11) is 0. The van der Waals surface area contributed by atoms with Crippen LogP contribution < -0.4 is 10.2 Å². The molecule has 1 fully saturated rings. The van der Waals surface area contributed by atoms with Gasteiger partial charge in [0.25, 0.3) is 5.91 Å². The molecule has 25 heavy (non-hydrogen) atoms. The fraction of sp³-hybridized carbons (Fsp3) is 0.316. The van der Waals surface area contributed by atoms with E-state index < -0.39 is 0 Å². The Morgan fingerprint density at radius 2 is 2.00 bits per heavy atom. The van der Waals surface area contributed by atoms with E-state index in [1.165, 1.54) is 0 Å². The molecule has 1 aliphatic rings. The first-order valence-electron chi connectivity index (χ1n) is 8.38. The van der Waals surface area contributed by atoms with E-state index in [4.69, 9.17) is 0 Å². The number of anilines is 2. The van der Waals surface area contributed by atoms with Crippen LogP contribution in [0, 0.1) is 0 Å². The van der Waals surface area contributed by atoms with Gasteiger partial charge in [-0.05, 0) is 42.8 Å². The van der Waals surface area contributed by atoms with Crippen LogP contribution in [0.3, 0.4) is 0 Å². The summed E-state index contributed by atoms with van der Waals surface area (Å²) in [5.41, 5.74) is 2.14. The lowest BCUT2D eigenvalue weighted by atomic mass is 10.2. The maximum atomic E-state index is 12.6. The molecule has 5 nitrogen and oxygen atoms in total. The van der Waals surface area contributed by atoms with Crippen molar-refractivity contribution in [1.29, 1.82) is 0 Å². The van der Waals surface area contributed by atoms with Gasteiger partial charge in [-0.2, -0.15) is 0 Å². The van der Waals surface area contributed by atoms with Gasteiger partial charge in [0.05, 0.1) is 5.56 Å². The Morgan fingerprint density at radius 1 is 1.24 bits per heavy atom. The maximum Gasteiger partial charge on any atom is 0.258 e. The molecule has 0 saturated carbocycles. The fourth-order valence-electron chi connectivity index (χ4n) is 2.73. The predicted molar refractivity (Wildman–Crippen MR) is 101 cm³/mol. The van der Waals surface area contributed by atoms with Crippen molar-refractivity contribution < 1.29 is 9.59 Å². The second-order valence-electron chi connectivity index (χ2n) is 6.17. The van der Waals surface area contributed by atoms with Crippen LogP contribution >= 0.6 is 11.8 Å². The number of benzene rings is 1. The fourth-order valence-corrected chi connectivity index (χ4v) is 3.58. The van der Waals surface area contributed by atoms with Gasteiger partial charge in [0.1, 0.15) is 5.03 Å². The van der Waals surface area contributed by atoms with Gasteiger partial charge in [-0.3, -0.25) is 9.59 Å². The third kappa shape index (κ3) is 4.20. The molecule has 1 N–H and O–H groups in total. The molecule has 0 atom stereocenters. The minimum absolute atomic E-state index is 0.155. The third-order valence-corrected chi connectivity index (χ3v) is 4.89. The first kappa shape index (κ1) is 17.5. The van der Waals surface area contributed by atoms with Crippen molar-refractivity contribution in [2.24, 2.45) is 0 Å². The number of hydrogen-bond donors (Lipinski definition) is 1. The van der Waals surface area contributed by atoms with Crippen molar-refractivity contribution in [2.75, 3.05) is 16.8 Å². The first-order valence-corrected chi connectivity index (χ1v) is 9.26. The smallest absolute Gasteiger partial charge is 0.258 e. The molecule has 1 saturated heterocycles. The highest BCUT2D eigenvalue weighted by molar-refractivity contribution is 7.99. The zero-order chi connectivity index (χ0) is 17.8. The summed E-state index contributed by atoms with van der Waals surface area (Å²) in [6.07, 6.45) is 3.20. The average Bonchev–Trinajstić information content (AvgIpc) is 3.01. The number of nitrogens with one attached hydrogen (secondary N) is 1. The van der Waals surface area contributed by atoms with Gasteiger partial charge in [-0.15, -0.1) is 11.8 Å². The topological polar surface area (TPSA) is 62.3 Å². The first-order chi connectivity index (χ1) is 12.0. The summed E-state index contributed by atoms with van der Waals surface area (Å²) >= 11 is 1.57. The standard InChI is InChI=1S/C19H21N3O2S/c1-13(2)25-19-16(5-3-11-20-19)18(24)21-14-7-9-15(10-8-14)22-12-4-6-17(22)23/h3,5,7-11,13H,4,6,12H2,1-2H3,(H,21,24). The van der Waals surface area contributed by atoms with Gasteiger partial charge >= 0.3 is 0 Å². The van der Waals surface area contributed by atoms with Crippen LogP contribution in [0.5, 0.6) is 0 Å². The van der Waals surface area contributed by atoms with Crippen molar-refractivity contribution in [2.45, 2.75) is 37.0 Å². The molecule has 1 aromatic heterocycles. The molecule has 0 aliphatic carbocycles. The van der Waals surface area contributed by atoms with Gasteiger partial charge in [0.2, 0.25) is 5.91 Å². The van der Waals surface area contributed by atoms with E-state index in [9.17, 15) is 9.59 Å². The number of rotatable bonds is 5. The minimum Gasteiger partial charge on any atom is -0.322 e. The van der Waals surface area contributed by atoms with E-state index >= 15 is 0 Å². The molecular weight excluding hydrogens is 334 g/mol. The van der Waals surface area contributed by atoms with Gasteiger partial charge in [0, 0.05) is 35.8 Å². The third-order valence-electron chi connectivity index (χ3n) is 3.87. The van der Waals surface area contributed by atoms with Crippen LogP contribution in [0.25, 0.3) is 0 Å². The van der Waals surface area contributed by atoms with E-state index in [1.807, 2.05) is 24.3 Å². The number of pyridine rings is 1. The van der Waals surface area contributed by atoms with Gasteiger partial charge < -0.3 is 10.2 Å². The van der Waals surface area contributed by atoms with E-state index in [-0.39, 0.29) is 11.8 Å². The zero-order valence-electron chi connectivity index (χ0n) is 14.4. The van der Waals surface area contributed by atoms with Crippen LogP contribution in [0.4, 0.5) is 11.4 Å². The summed E-state index contributed by atoms with van der Waals surface area (Å²) in [6, 6.07) is 10.9. The van der Waals surface area contributed by atoms with Crippen LogP contribution in [-0.2, 0) is 4.79 Å². The number of carbonyl (C=O) groups excluding carboxylic acids is 2. The Balaban J connectivity index is 1.72. The van der Waals surface area contributed by atoms with Crippen LogP contribution in [-0.4, -0.2) is 28.6 Å². The SMILES string of the molecule is CC(C)Sc1ncccc1C(=O)Nc1ccc(N2CCCC2=O)cc1. The van der Waals surface area contributed by atoms with E-state index in [2.05, 4.69) is 24.1 Å². The average molecular weight is 355 g/mol. The summed E-state index contributed by atoms with van der Waals surface area (Å²) in [5, 5.41) is 3.98. The van der Waals surface area contributed by atoms with Crippen LogP contribution in [0.1, 0.15) is 37.0 Å². The molecule has 0 spiro atoms. The Morgan fingerprint density at radius 3 is 2.64 bits per heavy atom. The number of carbonyl (C=O) groups is 2. The summed E-state index contributed by atoms with van der Waals surface area (Å²) in [4.78, 5) is 30.5. The van der Waals surface area contributed by atoms with Crippen molar-refractivity contribution in [3.05, 3.63) is 48.2 Å². The molecule has 0 unspecified atom stereocenters. The summed E-state index contributed by atoms with van der Waals surface area (Å²) in [6.45, 7) is 4.90. The lowest BCUT2D eigenvalue weighted by Crippen LogP contribution is -2.23. The molecule has 2 amide bonds. The number of aromatic nitrogens is 1. The lowest BCUT2D eigenvalue weighted by molar-refractivity contribution is -0.117. The largest absolute Gasteiger partial charge is 0.322 e. The number of nitrogens with zero attached hydrogens (tertiary/aromatic N) is 2. The Labute approximate surface area is 151 Å².